The predicted molar refractivity (Wildman–Crippen MR) is 37.9 cm³/mol. The number of carbonyl (C=O) groups is 1. The van der Waals surface area contributed by atoms with Gasteiger partial charge in [0, 0.05) is 0 Å². The molecule has 1 aliphatic carbocycles. The van der Waals surface area contributed by atoms with E-state index in [0.717, 1.165) is 0 Å². The van der Waals surface area contributed by atoms with E-state index in [0.29, 0.717) is 0 Å². The van der Waals surface area contributed by atoms with Crippen molar-refractivity contribution in [1.82, 2.24) is 0 Å². The molecule has 0 aliphatic heterocycles. The van der Waals surface area contributed by atoms with E-state index < -0.39 is 30.0 Å². The maximum atomic E-state index is 12.0. The normalized spacial score (nSPS) is 29.8. The fraction of sp³-hybridized carbons (Fsp3) is 0.857. The van der Waals surface area contributed by atoms with E-state index in [2.05, 4.69) is 0 Å². The zero-order valence-corrected chi connectivity index (χ0v) is 6.71. The van der Waals surface area contributed by atoms with Gasteiger partial charge in [-0.05, 0) is 18.8 Å². The number of halogens is 3. The number of rotatable bonds is 3. The molecule has 1 saturated carbocycles. The molecule has 0 bridgehead atoms. The Hall–Kier alpha value is -0.780. The largest absolute Gasteiger partial charge is 0.480 e. The average Bonchev–Trinajstić information content (AvgIpc) is 2.65. The summed E-state index contributed by atoms with van der Waals surface area (Å²) in [6.07, 6.45) is -4.26. The van der Waals surface area contributed by atoms with Gasteiger partial charge in [0.2, 0.25) is 0 Å². The number of aliphatic carboxylic acids is 1. The van der Waals surface area contributed by atoms with Crippen LogP contribution < -0.4 is 5.73 Å². The Labute approximate surface area is 72.7 Å². The highest BCUT2D eigenvalue weighted by Crippen LogP contribution is 2.51. The van der Waals surface area contributed by atoms with Crippen LogP contribution in [0.3, 0.4) is 0 Å². The molecule has 0 heterocycles. The van der Waals surface area contributed by atoms with Crippen LogP contribution >= 0.6 is 0 Å². The number of alkyl halides is 3. The summed E-state index contributed by atoms with van der Waals surface area (Å²) >= 11 is 0. The molecule has 0 spiro atoms. The van der Waals surface area contributed by atoms with Gasteiger partial charge in [-0.2, -0.15) is 13.2 Å². The van der Waals surface area contributed by atoms with Gasteiger partial charge in [-0.25, -0.2) is 0 Å². The molecule has 0 aromatic heterocycles. The van der Waals surface area contributed by atoms with Crippen molar-refractivity contribution in [2.24, 2.45) is 17.6 Å². The number of carboxylic acid groups (broad SMARTS) is 1. The van der Waals surface area contributed by atoms with E-state index in [-0.39, 0.29) is 12.8 Å². The lowest BCUT2D eigenvalue weighted by Crippen LogP contribution is -2.31. The maximum Gasteiger partial charge on any atom is 0.392 e. The minimum absolute atomic E-state index is 0.0183. The Morgan fingerprint density at radius 1 is 1.62 bits per heavy atom. The number of hydrogen-bond acceptors (Lipinski definition) is 2. The van der Waals surface area contributed by atoms with Gasteiger partial charge in [0.05, 0.1) is 5.92 Å². The van der Waals surface area contributed by atoms with E-state index in [4.69, 9.17) is 10.8 Å². The van der Waals surface area contributed by atoms with Crippen LogP contribution in [0.2, 0.25) is 0 Å². The van der Waals surface area contributed by atoms with Gasteiger partial charge in [-0.1, -0.05) is 0 Å². The van der Waals surface area contributed by atoms with Crippen LogP contribution in [0.25, 0.3) is 0 Å². The quantitative estimate of drug-likeness (QED) is 0.709. The first kappa shape index (κ1) is 10.3. The molecule has 0 unspecified atom stereocenters. The van der Waals surface area contributed by atoms with Crippen LogP contribution in [0.4, 0.5) is 13.2 Å². The summed E-state index contributed by atoms with van der Waals surface area (Å²) in [6, 6.07) is -1.17. The van der Waals surface area contributed by atoms with Crippen LogP contribution in [0.1, 0.15) is 12.8 Å². The third kappa shape index (κ3) is 2.58. The lowest BCUT2D eigenvalue weighted by atomic mass is 10.1. The van der Waals surface area contributed by atoms with Crippen molar-refractivity contribution in [3.8, 4) is 0 Å². The van der Waals surface area contributed by atoms with Crippen molar-refractivity contribution in [2.75, 3.05) is 0 Å². The molecule has 0 aromatic carbocycles. The Kier molecular flexibility index (Phi) is 2.51. The summed E-state index contributed by atoms with van der Waals surface area (Å²) in [4.78, 5) is 10.2. The number of hydrogen-bond donors (Lipinski definition) is 2. The van der Waals surface area contributed by atoms with E-state index >= 15 is 0 Å². The molecule has 6 heteroatoms. The molecular weight excluding hydrogens is 187 g/mol. The van der Waals surface area contributed by atoms with Crippen LogP contribution in [0.15, 0.2) is 0 Å². The zero-order chi connectivity index (χ0) is 10.2. The Balaban J connectivity index is 2.33. The van der Waals surface area contributed by atoms with Crippen molar-refractivity contribution >= 4 is 5.97 Å². The molecule has 3 atom stereocenters. The fourth-order valence-electron chi connectivity index (χ4n) is 1.34. The third-order valence-electron chi connectivity index (χ3n) is 2.22. The highest BCUT2D eigenvalue weighted by molar-refractivity contribution is 5.73. The maximum absolute atomic E-state index is 12.0. The second kappa shape index (κ2) is 3.17. The highest BCUT2D eigenvalue weighted by Gasteiger charge is 2.55. The van der Waals surface area contributed by atoms with E-state index in [1.54, 1.807) is 0 Å². The standard InChI is InChI=1S/C7H10F3NO2/c8-7(9,10)4-1-3(4)2-5(11)6(12)13/h3-5H,1-2,11H2,(H,12,13)/t3-,4+,5-/m1/s1. The molecule has 0 radical (unpaired) electrons. The first-order valence-corrected chi connectivity index (χ1v) is 3.87. The highest BCUT2D eigenvalue weighted by atomic mass is 19.4. The molecule has 1 fully saturated rings. The van der Waals surface area contributed by atoms with Gasteiger partial charge >= 0.3 is 12.1 Å². The van der Waals surface area contributed by atoms with Crippen molar-refractivity contribution in [2.45, 2.75) is 25.1 Å². The summed E-state index contributed by atoms with van der Waals surface area (Å²) < 4.78 is 35.9. The summed E-state index contributed by atoms with van der Waals surface area (Å²) in [7, 11) is 0. The Morgan fingerprint density at radius 2 is 2.15 bits per heavy atom. The van der Waals surface area contributed by atoms with Crippen LogP contribution in [-0.2, 0) is 4.79 Å². The lowest BCUT2D eigenvalue weighted by Gasteiger charge is -2.07. The minimum atomic E-state index is -4.19. The number of carboxylic acids is 1. The monoisotopic (exact) mass is 197 g/mol. The molecule has 0 aromatic rings. The van der Waals surface area contributed by atoms with E-state index in [1.165, 1.54) is 0 Å². The van der Waals surface area contributed by atoms with Crippen LogP contribution in [-0.4, -0.2) is 23.3 Å². The van der Waals surface area contributed by atoms with Crippen molar-refractivity contribution in [1.29, 1.82) is 0 Å². The summed E-state index contributed by atoms with van der Waals surface area (Å²) in [5.41, 5.74) is 5.10. The first-order valence-electron chi connectivity index (χ1n) is 3.87. The van der Waals surface area contributed by atoms with E-state index in [9.17, 15) is 18.0 Å². The van der Waals surface area contributed by atoms with Gasteiger partial charge < -0.3 is 10.8 Å². The van der Waals surface area contributed by atoms with Gasteiger partial charge in [-0.3, -0.25) is 4.79 Å². The van der Waals surface area contributed by atoms with Gasteiger partial charge in [-0.15, -0.1) is 0 Å². The van der Waals surface area contributed by atoms with Gasteiger partial charge in [0.1, 0.15) is 6.04 Å². The fourth-order valence-corrected chi connectivity index (χ4v) is 1.34. The molecule has 0 saturated heterocycles. The third-order valence-corrected chi connectivity index (χ3v) is 2.22. The smallest absolute Gasteiger partial charge is 0.392 e. The SMILES string of the molecule is N[C@H](C[C@H]1C[C@@H]1C(F)(F)F)C(=O)O. The van der Waals surface area contributed by atoms with E-state index in [1.807, 2.05) is 0 Å². The van der Waals surface area contributed by atoms with Crippen molar-refractivity contribution in [3.63, 3.8) is 0 Å². The summed E-state index contributed by atoms with van der Waals surface area (Å²) in [6.45, 7) is 0. The molecule has 76 valence electrons. The molecular formula is C7H10F3NO2. The molecule has 1 aliphatic rings. The summed E-state index contributed by atoms with van der Waals surface area (Å²) in [5, 5.41) is 8.34. The molecule has 3 nitrogen and oxygen atoms in total. The van der Waals surface area contributed by atoms with Gasteiger partial charge in [0.15, 0.2) is 0 Å². The second-order valence-electron chi connectivity index (χ2n) is 3.32. The predicted octanol–water partition coefficient (Wildman–Crippen LogP) is 0.987. The molecule has 13 heavy (non-hydrogen) atoms. The first-order chi connectivity index (χ1) is 5.82. The minimum Gasteiger partial charge on any atom is -0.480 e. The van der Waals surface area contributed by atoms with Crippen LogP contribution in [0.5, 0.6) is 0 Å². The molecule has 3 N–H and O–H groups in total. The van der Waals surface area contributed by atoms with Crippen molar-refractivity contribution < 1.29 is 23.1 Å². The average molecular weight is 197 g/mol. The van der Waals surface area contributed by atoms with Crippen molar-refractivity contribution in [3.05, 3.63) is 0 Å². The summed E-state index contributed by atoms with van der Waals surface area (Å²) in [5.74, 6) is -3.17. The van der Waals surface area contributed by atoms with Gasteiger partial charge in [0.25, 0.3) is 0 Å². The molecule has 0 amide bonds. The Bertz CT molecular complexity index is 216. The Morgan fingerprint density at radius 3 is 2.46 bits per heavy atom. The number of nitrogens with two attached hydrogens (primary N) is 1. The molecule has 1 rings (SSSR count). The zero-order valence-electron chi connectivity index (χ0n) is 6.71. The lowest BCUT2D eigenvalue weighted by molar-refractivity contribution is -0.152. The topological polar surface area (TPSA) is 63.3 Å². The second-order valence-corrected chi connectivity index (χ2v) is 3.32. The van der Waals surface area contributed by atoms with Crippen LogP contribution in [0, 0.1) is 11.8 Å².